The third-order valence-electron chi connectivity index (χ3n) is 3.97. The Morgan fingerprint density at radius 3 is 2.89 bits per heavy atom. The van der Waals surface area contributed by atoms with Crippen LogP contribution in [0.3, 0.4) is 0 Å². The molecule has 1 aromatic heterocycles. The van der Waals surface area contributed by atoms with Gasteiger partial charge < -0.3 is 5.32 Å². The summed E-state index contributed by atoms with van der Waals surface area (Å²) in [5.74, 6) is 0.175. The number of rotatable bonds is 2. The number of aromatic nitrogens is 1. The molecule has 1 aromatic rings. The van der Waals surface area contributed by atoms with Crippen LogP contribution in [0.25, 0.3) is 0 Å². The molecule has 0 aromatic carbocycles. The molecular weight excluding hydrogens is 231 g/mol. The van der Waals surface area contributed by atoms with Gasteiger partial charge in [-0.2, -0.15) is 4.39 Å². The van der Waals surface area contributed by atoms with Crippen LogP contribution < -0.4 is 5.32 Å². The summed E-state index contributed by atoms with van der Waals surface area (Å²) in [5.41, 5.74) is 0.153. The lowest BCUT2D eigenvalue weighted by Gasteiger charge is -2.34. The number of amides is 1. The Bertz CT molecular complexity index is 436. The van der Waals surface area contributed by atoms with Gasteiger partial charge >= 0.3 is 0 Å². The van der Waals surface area contributed by atoms with Gasteiger partial charge in [0.2, 0.25) is 5.95 Å². The van der Waals surface area contributed by atoms with E-state index in [0.717, 1.165) is 12.8 Å². The standard InChI is InChI=1S/C14H19FN2O/c1-9-5-3-6-11(10(9)2)17-14(18)12-7-4-8-13(15)16-12/h4,7-11H,3,5-6H2,1-2H3,(H,17,18). The molecule has 0 bridgehead atoms. The second-order valence-electron chi connectivity index (χ2n) is 5.19. The number of halogens is 1. The maximum atomic E-state index is 13.0. The van der Waals surface area contributed by atoms with E-state index >= 15 is 0 Å². The predicted octanol–water partition coefficient (Wildman–Crippen LogP) is 2.78. The summed E-state index contributed by atoms with van der Waals surface area (Å²) in [7, 11) is 0. The highest BCUT2D eigenvalue weighted by molar-refractivity contribution is 5.92. The minimum atomic E-state index is -0.618. The monoisotopic (exact) mass is 250 g/mol. The molecule has 1 saturated carbocycles. The van der Waals surface area contributed by atoms with E-state index in [0.29, 0.717) is 11.8 Å². The zero-order chi connectivity index (χ0) is 13.1. The van der Waals surface area contributed by atoms with Crippen molar-refractivity contribution in [2.75, 3.05) is 0 Å². The van der Waals surface area contributed by atoms with Crippen molar-refractivity contribution in [3.63, 3.8) is 0 Å². The maximum Gasteiger partial charge on any atom is 0.270 e. The molecule has 2 rings (SSSR count). The highest BCUT2D eigenvalue weighted by Gasteiger charge is 2.28. The topological polar surface area (TPSA) is 42.0 Å². The van der Waals surface area contributed by atoms with Gasteiger partial charge in [0.25, 0.3) is 5.91 Å². The number of nitrogens with one attached hydrogen (secondary N) is 1. The Kier molecular flexibility index (Phi) is 3.94. The Hall–Kier alpha value is -1.45. The Morgan fingerprint density at radius 1 is 1.39 bits per heavy atom. The number of hydrogen-bond donors (Lipinski definition) is 1. The highest BCUT2D eigenvalue weighted by Crippen LogP contribution is 2.29. The van der Waals surface area contributed by atoms with Crippen molar-refractivity contribution in [3.05, 3.63) is 29.8 Å². The van der Waals surface area contributed by atoms with Crippen LogP contribution in [0.5, 0.6) is 0 Å². The number of pyridine rings is 1. The second kappa shape index (κ2) is 5.46. The van der Waals surface area contributed by atoms with Crippen molar-refractivity contribution in [1.82, 2.24) is 10.3 Å². The first kappa shape index (κ1) is 13.0. The smallest absolute Gasteiger partial charge is 0.270 e. The van der Waals surface area contributed by atoms with Crippen LogP contribution in [-0.2, 0) is 0 Å². The van der Waals surface area contributed by atoms with Crippen LogP contribution in [-0.4, -0.2) is 16.9 Å². The fraction of sp³-hybridized carbons (Fsp3) is 0.571. The van der Waals surface area contributed by atoms with Gasteiger partial charge in [-0.15, -0.1) is 0 Å². The van der Waals surface area contributed by atoms with E-state index in [-0.39, 0.29) is 17.6 Å². The van der Waals surface area contributed by atoms with E-state index < -0.39 is 5.95 Å². The van der Waals surface area contributed by atoms with Crippen molar-refractivity contribution in [3.8, 4) is 0 Å². The Labute approximate surface area is 107 Å². The van der Waals surface area contributed by atoms with Crippen LogP contribution in [0, 0.1) is 17.8 Å². The molecule has 3 atom stereocenters. The summed E-state index contributed by atoms with van der Waals surface area (Å²) < 4.78 is 13.0. The molecule has 0 spiro atoms. The Balaban J connectivity index is 2.03. The van der Waals surface area contributed by atoms with Gasteiger partial charge in [-0.25, -0.2) is 4.98 Å². The molecule has 1 heterocycles. The third-order valence-corrected chi connectivity index (χ3v) is 3.97. The van der Waals surface area contributed by atoms with E-state index in [1.807, 2.05) is 0 Å². The summed E-state index contributed by atoms with van der Waals surface area (Å²) >= 11 is 0. The first-order valence-electron chi connectivity index (χ1n) is 6.51. The number of carbonyl (C=O) groups is 1. The average Bonchev–Trinajstić information content (AvgIpc) is 2.35. The summed E-state index contributed by atoms with van der Waals surface area (Å²) in [6.07, 6.45) is 3.34. The van der Waals surface area contributed by atoms with Crippen LogP contribution >= 0.6 is 0 Å². The number of carbonyl (C=O) groups excluding carboxylic acids is 1. The summed E-state index contributed by atoms with van der Waals surface area (Å²) in [6.45, 7) is 4.37. The Morgan fingerprint density at radius 2 is 2.17 bits per heavy atom. The average molecular weight is 250 g/mol. The molecule has 1 fully saturated rings. The van der Waals surface area contributed by atoms with E-state index in [1.165, 1.54) is 24.6 Å². The molecule has 18 heavy (non-hydrogen) atoms. The first-order valence-corrected chi connectivity index (χ1v) is 6.51. The summed E-state index contributed by atoms with van der Waals surface area (Å²) in [4.78, 5) is 15.6. The van der Waals surface area contributed by atoms with Crippen LogP contribution in [0.1, 0.15) is 43.6 Å². The lowest BCUT2D eigenvalue weighted by molar-refractivity contribution is 0.0885. The molecule has 0 radical (unpaired) electrons. The van der Waals surface area contributed by atoms with Crippen molar-refractivity contribution in [1.29, 1.82) is 0 Å². The first-order chi connectivity index (χ1) is 8.58. The summed E-state index contributed by atoms with van der Waals surface area (Å²) in [5, 5.41) is 2.97. The van der Waals surface area contributed by atoms with Crippen LogP contribution in [0.2, 0.25) is 0 Å². The summed E-state index contributed by atoms with van der Waals surface area (Å²) in [6, 6.07) is 4.45. The third kappa shape index (κ3) is 2.86. The van der Waals surface area contributed by atoms with E-state index in [4.69, 9.17) is 0 Å². The maximum absolute atomic E-state index is 13.0. The van der Waals surface area contributed by atoms with Gasteiger partial charge in [0.15, 0.2) is 0 Å². The molecule has 1 N–H and O–H groups in total. The SMILES string of the molecule is CC1CCCC(NC(=O)c2cccc(F)n2)C1C. The van der Waals surface area contributed by atoms with Crippen molar-refractivity contribution in [2.45, 2.75) is 39.2 Å². The van der Waals surface area contributed by atoms with Crippen molar-refractivity contribution in [2.24, 2.45) is 11.8 Å². The van der Waals surface area contributed by atoms with E-state index in [2.05, 4.69) is 24.1 Å². The molecule has 0 aliphatic heterocycles. The predicted molar refractivity (Wildman–Crippen MR) is 67.6 cm³/mol. The van der Waals surface area contributed by atoms with Crippen LogP contribution in [0.4, 0.5) is 4.39 Å². The lowest BCUT2D eigenvalue weighted by atomic mass is 9.78. The van der Waals surface area contributed by atoms with Crippen molar-refractivity contribution < 1.29 is 9.18 Å². The van der Waals surface area contributed by atoms with Gasteiger partial charge in [0, 0.05) is 6.04 Å². The molecule has 0 saturated heterocycles. The quantitative estimate of drug-likeness (QED) is 0.820. The minimum Gasteiger partial charge on any atom is -0.348 e. The van der Waals surface area contributed by atoms with Gasteiger partial charge in [-0.05, 0) is 30.4 Å². The van der Waals surface area contributed by atoms with Gasteiger partial charge in [-0.1, -0.05) is 32.8 Å². The number of nitrogens with zero attached hydrogens (tertiary/aromatic N) is 1. The van der Waals surface area contributed by atoms with Gasteiger partial charge in [0.1, 0.15) is 5.69 Å². The van der Waals surface area contributed by atoms with E-state index in [1.54, 1.807) is 0 Å². The fourth-order valence-electron chi connectivity index (χ4n) is 2.56. The molecule has 98 valence electrons. The van der Waals surface area contributed by atoms with Crippen molar-refractivity contribution >= 4 is 5.91 Å². The van der Waals surface area contributed by atoms with Gasteiger partial charge in [0.05, 0.1) is 0 Å². The minimum absolute atomic E-state index is 0.153. The molecule has 3 unspecified atom stereocenters. The van der Waals surface area contributed by atoms with E-state index in [9.17, 15) is 9.18 Å². The molecule has 4 heteroatoms. The zero-order valence-corrected chi connectivity index (χ0v) is 10.8. The molecule has 3 nitrogen and oxygen atoms in total. The van der Waals surface area contributed by atoms with Gasteiger partial charge in [-0.3, -0.25) is 4.79 Å². The highest BCUT2D eigenvalue weighted by atomic mass is 19.1. The lowest BCUT2D eigenvalue weighted by Crippen LogP contribution is -2.43. The number of hydrogen-bond acceptors (Lipinski definition) is 2. The molecular formula is C14H19FN2O. The second-order valence-corrected chi connectivity index (χ2v) is 5.19. The molecule has 1 amide bonds. The fourth-order valence-corrected chi connectivity index (χ4v) is 2.56. The van der Waals surface area contributed by atoms with Crippen LogP contribution in [0.15, 0.2) is 18.2 Å². The normalized spacial score (nSPS) is 27.8. The largest absolute Gasteiger partial charge is 0.348 e. The molecule has 1 aliphatic rings. The molecule has 1 aliphatic carbocycles. The zero-order valence-electron chi connectivity index (χ0n) is 10.8.